The highest BCUT2D eigenvalue weighted by atomic mass is 16.4. The smallest absolute Gasteiger partial charge is 0.317 e. The van der Waals surface area contributed by atoms with Gasteiger partial charge in [-0.2, -0.15) is 0 Å². The van der Waals surface area contributed by atoms with Crippen molar-refractivity contribution in [1.82, 2.24) is 10.2 Å². The van der Waals surface area contributed by atoms with Crippen LogP contribution in [0.4, 0.5) is 4.79 Å². The van der Waals surface area contributed by atoms with Crippen LogP contribution in [0.15, 0.2) is 0 Å². The highest BCUT2D eigenvalue weighted by Gasteiger charge is 2.21. The lowest BCUT2D eigenvalue weighted by Gasteiger charge is -2.26. The van der Waals surface area contributed by atoms with E-state index in [1.165, 1.54) is 0 Å². The lowest BCUT2D eigenvalue weighted by atomic mass is 9.97. The second kappa shape index (κ2) is 8.77. The molecule has 2 amide bonds. The van der Waals surface area contributed by atoms with E-state index in [0.717, 1.165) is 12.8 Å². The van der Waals surface area contributed by atoms with Crippen molar-refractivity contribution in [3.8, 4) is 0 Å². The van der Waals surface area contributed by atoms with Gasteiger partial charge in [-0.25, -0.2) is 4.79 Å². The average molecular weight is 272 g/mol. The molecule has 0 heterocycles. The van der Waals surface area contributed by atoms with E-state index in [2.05, 4.69) is 12.2 Å². The van der Waals surface area contributed by atoms with Crippen molar-refractivity contribution in [2.75, 3.05) is 13.6 Å². The van der Waals surface area contributed by atoms with E-state index in [1.807, 2.05) is 20.8 Å². The van der Waals surface area contributed by atoms with Gasteiger partial charge in [0.15, 0.2) is 0 Å². The summed E-state index contributed by atoms with van der Waals surface area (Å²) in [6.45, 7) is 8.22. The van der Waals surface area contributed by atoms with Crippen molar-refractivity contribution in [3.05, 3.63) is 0 Å². The first kappa shape index (κ1) is 17.7. The van der Waals surface area contributed by atoms with Gasteiger partial charge in [0, 0.05) is 19.6 Å². The molecule has 0 aliphatic carbocycles. The van der Waals surface area contributed by atoms with Gasteiger partial charge in [0.05, 0.1) is 5.92 Å². The summed E-state index contributed by atoms with van der Waals surface area (Å²) in [6.07, 6.45) is 2.53. The molecule has 0 aromatic carbocycles. The molecule has 0 radical (unpaired) electrons. The van der Waals surface area contributed by atoms with Gasteiger partial charge in [-0.05, 0) is 25.7 Å². The van der Waals surface area contributed by atoms with Crippen LogP contribution in [0.2, 0.25) is 0 Å². The Hall–Kier alpha value is -1.26. The Labute approximate surface area is 116 Å². The number of urea groups is 1. The maximum Gasteiger partial charge on any atom is 0.317 e. The van der Waals surface area contributed by atoms with Crippen LogP contribution in [0, 0.1) is 11.8 Å². The van der Waals surface area contributed by atoms with Crippen molar-refractivity contribution in [2.24, 2.45) is 11.8 Å². The predicted octanol–water partition coefficient (Wildman–Crippen LogP) is 2.56. The second-order valence-corrected chi connectivity index (χ2v) is 5.60. The van der Waals surface area contributed by atoms with Crippen molar-refractivity contribution >= 4 is 12.0 Å². The quantitative estimate of drug-likeness (QED) is 0.713. The first-order chi connectivity index (χ1) is 8.79. The van der Waals surface area contributed by atoms with E-state index >= 15 is 0 Å². The van der Waals surface area contributed by atoms with Gasteiger partial charge in [-0.1, -0.05) is 27.2 Å². The number of amides is 2. The Balaban J connectivity index is 4.28. The van der Waals surface area contributed by atoms with E-state index in [-0.39, 0.29) is 18.6 Å². The van der Waals surface area contributed by atoms with Gasteiger partial charge in [-0.3, -0.25) is 4.79 Å². The number of hydrogen-bond donors (Lipinski definition) is 2. The third-order valence-electron chi connectivity index (χ3n) is 3.29. The molecular weight excluding hydrogens is 244 g/mol. The zero-order valence-electron chi connectivity index (χ0n) is 12.8. The third-order valence-corrected chi connectivity index (χ3v) is 3.29. The van der Waals surface area contributed by atoms with Gasteiger partial charge in [0.25, 0.3) is 0 Å². The lowest BCUT2D eigenvalue weighted by molar-refractivity contribution is -0.142. The highest BCUT2D eigenvalue weighted by molar-refractivity contribution is 5.76. The molecule has 0 aliphatic heterocycles. The summed E-state index contributed by atoms with van der Waals surface area (Å²) < 4.78 is 0. The highest BCUT2D eigenvalue weighted by Crippen LogP contribution is 2.11. The van der Waals surface area contributed by atoms with Crippen molar-refractivity contribution in [2.45, 2.75) is 53.0 Å². The summed E-state index contributed by atoms with van der Waals surface area (Å²) in [5.41, 5.74) is 0. The monoisotopic (exact) mass is 272 g/mol. The van der Waals surface area contributed by atoms with Crippen LogP contribution in [-0.2, 0) is 4.79 Å². The van der Waals surface area contributed by atoms with Crippen LogP contribution in [0.5, 0.6) is 0 Å². The Morgan fingerprint density at radius 3 is 2.26 bits per heavy atom. The topological polar surface area (TPSA) is 69.6 Å². The Kier molecular flexibility index (Phi) is 8.19. The molecule has 5 nitrogen and oxygen atoms in total. The first-order valence-corrected chi connectivity index (χ1v) is 7.03. The third kappa shape index (κ3) is 7.03. The molecule has 0 saturated carbocycles. The summed E-state index contributed by atoms with van der Waals surface area (Å²) in [7, 11) is 1.74. The van der Waals surface area contributed by atoms with Crippen molar-refractivity contribution < 1.29 is 14.7 Å². The molecule has 0 aromatic rings. The fourth-order valence-corrected chi connectivity index (χ4v) is 1.99. The van der Waals surface area contributed by atoms with Crippen LogP contribution in [-0.4, -0.2) is 41.6 Å². The normalized spacial score (nSPS) is 14.0. The van der Waals surface area contributed by atoms with Crippen molar-refractivity contribution in [3.63, 3.8) is 0 Å². The van der Waals surface area contributed by atoms with Crippen LogP contribution >= 0.6 is 0 Å². The van der Waals surface area contributed by atoms with Crippen molar-refractivity contribution in [1.29, 1.82) is 0 Å². The van der Waals surface area contributed by atoms with E-state index in [4.69, 9.17) is 5.11 Å². The molecule has 0 rings (SSSR count). The number of carboxylic acids is 1. The number of carbonyl (C=O) groups excluding carboxylic acids is 1. The number of nitrogens with zero attached hydrogens (tertiary/aromatic N) is 1. The molecular formula is C14H28N2O3. The standard InChI is InChI=1S/C14H28N2O3/c1-6-7-11(4)16(5)14(19)15-9-12(13(17)18)8-10(2)3/h10-12H,6-9H2,1-5H3,(H,15,19)(H,17,18). The van der Waals surface area contributed by atoms with Gasteiger partial charge in [0.2, 0.25) is 0 Å². The maximum absolute atomic E-state index is 11.9. The zero-order valence-corrected chi connectivity index (χ0v) is 12.8. The maximum atomic E-state index is 11.9. The van der Waals surface area contributed by atoms with Gasteiger partial charge < -0.3 is 15.3 Å². The molecule has 0 saturated heterocycles. The number of nitrogens with one attached hydrogen (secondary N) is 1. The van der Waals surface area contributed by atoms with E-state index in [9.17, 15) is 9.59 Å². The predicted molar refractivity (Wildman–Crippen MR) is 76.1 cm³/mol. The van der Waals surface area contributed by atoms with Gasteiger partial charge >= 0.3 is 12.0 Å². The van der Waals surface area contributed by atoms with E-state index in [1.54, 1.807) is 11.9 Å². The number of aliphatic carboxylic acids is 1. The minimum atomic E-state index is -0.849. The molecule has 112 valence electrons. The molecule has 2 atom stereocenters. The Morgan fingerprint density at radius 2 is 1.84 bits per heavy atom. The molecule has 0 aromatic heterocycles. The summed E-state index contributed by atoms with van der Waals surface area (Å²) in [5, 5.41) is 11.8. The van der Waals surface area contributed by atoms with Gasteiger partial charge in [0.1, 0.15) is 0 Å². The molecule has 0 fully saturated rings. The average Bonchev–Trinajstić information content (AvgIpc) is 2.32. The molecule has 5 heteroatoms. The summed E-state index contributed by atoms with van der Waals surface area (Å²) in [6, 6.07) is -0.0330. The van der Waals surface area contributed by atoms with E-state index in [0.29, 0.717) is 12.3 Å². The number of hydrogen-bond acceptors (Lipinski definition) is 2. The van der Waals surface area contributed by atoms with Crippen LogP contribution in [0.25, 0.3) is 0 Å². The number of rotatable bonds is 8. The number of carboxylic acid groups (broad SMARTS) is 1. The molecule has 19 heavy (non-hydrogen) atoms. The fourth-order valence-electron chi connectivity index (χ4n) is 1.99. The number of carbonyl (C=O) groups is 2. The Morgan fingerprint density at radius 1 is 1.26 bits per heavy atom. The lowest BCUT2D eigenvalue weighted by Crippen LogP contribution is -2.44. The minimum absolute atomic E-state index is 0.165. The largest absolute Gasteiger partial charge is 0.481 e. The van der Waals surface area contributed by atoms with Crippen LogP contribution in [0.1, 0.15) is 47.0 Å². The summed E-state index contributed by atoms with van der Waals surface area (Å²) >= 11 is 0. The van der Waals surface area contributed by atoms with Gasteiger partial charge in [-0.15, -0.1) is 0 Å². The molecule has 2 N–H and O–H groups in total. The molecule has 0 aliphatic rings. The fraction of sp³-hybridized carbons (Fsp3) is 0.857. The molecule has 0 spiro atoms. The minimum Gasteiger partial charge on any atom is -0.481 e. The first-order valence-electron chi connectivity index (χ1n) is 7.03. The molecule has 2 unspecified atom stereocenters. The summed E-state index contributed by atoms with van der Waals surface area (Å²) in [4.78, 5) is 24.6. The Bertz CT molecular complexity index is 292. The van der Waals surface area contributed by atoms with Crippen LogP contribution in [0.3, 0.4) is 0 Å². The second-order valence-electron chi connectivity index (χ2n) is 5.60. The van der Waals surface area contributed by atoms with Crippen LogP contribution < -0.4 is 5.32 Å². The SMILES string of the molecule is CCCC(C)N(C)C(=O)NCC(CC(C)C)C(=O)O. The summed E-state index contributed by atoms with van der Waals surface area (Å²) in [5.74, 6) is -1.06. The zero-order chi connectivity index (χ0) is 15.0. The van der Waals surface area contributed by atoms with E-state index < -0.39 is 11.9 Å². The molecule has 0 bridgehead atoms.